The van der Waals surface area contributed by atoms with Crippen LogP contribution in [0.2, 0.25) is 15.1 Å². The highest BCUT2D eigenvalue weighted by Crippen LogP contribution is 2.19. The van der Waals surface area contributed by atoms with Crippen LogP contribution in [0.5, 0.6) is 0 Å². The fourth-order valence-corrected chi connectivity index (χ4v) is 3.17. The molecule has 0 aliphatic rings. The molecule has 0 aliphatic carbocycles. The minimum atomic E-state index is 0.0354. The molecule has 124 valence electrons. The Bertz CT molecular complexity index is 872. The maximum Gasteiger partial charge on any atom is 0.154 e. The predicted molar refractivity (Wildman–Crippen MR) is 98.0 cm³/mol. The Labute approximate surface area is 154 Å². The van der Waals surface area contributed by atoms with E-state index in [-0.39, 0.29) is 18.7 Å². The van der Waals surface area contributed by atoms with E-state index in [1.807, 2.05) is 18.2 Å². The molecular formula is C17H14Cl3N3O. The number of Topliss-reactive ketones (excluding diaryl/α,β-unsaturated/α-hetero) is 1. The summed E-state index contributed by atoms with van der Waals surface area (Å²) < 4.78 is 0. The molecule has 7 heteroatoms. The maximum atomic E-state index is 12.1. The third-order valence-electron chi connectivity index (χ3n) is 3.43. The van der Waals surface area contributed by atoms with E-state index in [1.54, 1.807) is 18.2 Å². The number of rotatable bonds is 6. The molecule has 2 N–H and O–H groups in total. The topological polar surface area (TPSA) is 57.8 Å². The van der Waals surface area contributed by atoms with E-state index in [1.165, 1.54) is 0 Å². The van der Waals surface area contributed by atoms with E-state index < -0.39 is 0 Å². The Balaban J connectivity index is 1.55. The van der Waals surface area contributed by atoms with Crippen molar-refractivity contribution in [3.8, 4) is 0 Å². The summed E-state index contributed by atoms with van der Waals surface area (Å²) in [5.41, 5.74) is 2.55. The van der Waals surface area contributed by atoms with Crippen LogP contribution in [0, 0.1) is 0 Å². The minimum absolute atomic E-state index is 0.0354. The number of carbonyl (C=O) groups is 1. The van der Waals surface area contributed by atoms with Gasteiger partial charge in [-0.15, -0.1) is 0 Å². The van der Waals surface area contributed by atoms with Crippen LogP contribution < -0.4 is 5.32 Å². The third kappa shape index (κ3) is 4.48. The Morgan fingerprint density at radius 1 is 1.04 bits per heavy atom. The summed E-state index contributed by atoms with van der Waals surface area (Å²) in [5, 5.41) is 4.87. The molecule has 0 aliphatic heterocycles. The van der Waals surface area contributed by atoms with E-state index in [9.17, 15) is 4.79 Å². The summed E-state index contributed by atoms with van der Waals surface area (Å²) in [6.45, 7) is 0.754. The molecule has 0 fully saturated rings. The molecule has 1 aromatic heterocycles. The summed E-state index contributed by atoms with van der Waals surface area (Å²) >= 11 is 17.8. The van der Waals surface area contributed by atoms with Gasteiger partial charge in [0, 0.05) is 21.6 Å². The van der Waals surface area contributed by atoms with Crippen LogP contribution >= 0.6 is 34.8 Å². The first-order chi connectivity index (χ1) is 11.5. The first-order valence-corrected chi connectivity index (χ1v) is 8.44. The summed E-state index contributed by atoms with van der Waals surface area (Å²) in [7, 11) is 0. The highest BCUT2D eigenvalue weighted by atomic mass is 35.5. The van der Waals surface area contributed by atoms with Gasteiger partial charge in [0.05, 0.1) is 24.0 Å². The molecule has 0 atom stereocenters. The molecule has 0 radical (unpaired) electrons. The first kappa shape index (κ1) is 17.2. The second-order valence-corrected chi connectivity index (χ2v) is 6.75. The molecular weight excluding hydrogens is 369 g/mol. The number of nitrogens with one attached hydrogen (secondary N) is 2. The number of halogens is 3. The molecule has 24 heavy (non-hydrogen) atoms. The highest BCUT2D eigenvalue weighted by molar-refractivity contribution is 6.34. The lowest BCUT2D eigenvalue weighted by Gasteiger charge is -2.05. The molecule has 3 aromatic rings. The van der Waals surface area contributed by atoms with Crippen molar-refractivity contribution in [3.63, 3.8) is 0 Å². The Morgan fingerprint density at radius 3 is 2.54 bits per heavy atom. The van der Waals surface area contributed by atoms with Crippen molar-refractivity contribution in [2.45, 2.75) is 13.0 Å². The van der Waals surface area contributed by atoms with Gasteiger partial charge in [-0.05, 0) is 42.0 Å². The number of aromatic nitrogens is 2. The van der Waals surface area contributed by atoms with E-state index in [0.717, 1.165) is 16.6 Å². The van der Waals surface area contributed by atoms with Gasteiger partial charge in [-0.3, -0.25) is 4.79 Å². The van der Waals surface area contributed by atoms with E-state index in [0.29, 0.717) is 27.4 Å². The van der Waals surface area contributed by atoms with Crippen LogP contribution in [0.1, 0.15) is 11.4 Å². The number of fused-ring (bicyclic) bond motifs is 1. The fraction of sp³-hybridized carbons (Fsp3) is 0.176. The van der Waals surface area contributed by atoms with Crippen molar-refractivity contribution in [2.75, 3.05) is 6.54 Å². The van der Waals surface area contributed by atoms with E-state index >= 15 is 0 Å². The van der Waals surface area contributed by atoms with Crippen LogP contribution in [-0.2, 0) is 17.8 Å². The lowest BCUT2D eigenvalue weighted by Crippen LogP contribution is -2.24. The zero-order valence-electron chi connectivity index (χ0n) is 12.6. The Hall–Kier alpha value is -1.59. The lowest BCUT2D eigenvalue weighted by molar-refractivity contribution is -0.117. The van der Waals surface area contributed by atoms with Crippen LogP contribution in [0.4, 0.5) is 0 Å². The third-order valence-corrected chi connectivity index (χ3v) is 4.10. The van der Waals surface area contributed by atoms with Crippen LogP contribution in [-0.4, -0.2) is 22.3 Å². The van der Waals surface area contributed by atoms with Crippen LogP contribution in [0.3, 0.4) is 0 Å². The number of hydrogen-bond acceptors (Lipinski definition) is 3. The normalized spacial score (nSPS) is 11.1. The molecule has 0 saturated heterocycles. The zero-order valence-corrected chi connectivity index (χ0v) is 14.8. The van der Waals surface area contributed by atoms with Crippen molar-refractivity contribution in [1.29, 1.82) is 0 Å². The van der Waals surface area contributed by atoms with Gasteiger partial charge in [0.15, 0.2) is 5.78 Å². The minimum Gasteiger partial charge on any atom is -0.342 e. The number of nitrogens with zero attached hydrogens (tertiary/aromatic N) is 1. The standard InChI is InChI=1S/C17H14Cl3N3O/c18-11-1-2-15-16(6-11)23-17(22-15)7-14(24)9-21-8-10-3-12(19)5-13(20)4-10/h1-6,21H,7-9H2,(H,22,23). The van der Waals surface area contributed by atoms with Crippen molar-refractivity contribution >= 4 is 51.6 Å². The smallest absolute Gasteiger partial charge is 0.154 e. The zero-order chi connectivity index (χ0) is 17.1. The van der Waals surface area contributed by atoms with Crippen LogP contribution in [0.15, 0.2) is 36.4 Å². The van der Waals surface area contributed by atoms with Crippen molar-refractivity contribution in [2.24, 2.45) is 0 Å². The Kier molecular flexibility index (Phi) is 5.41. The maximum absolute atomic E-state index is 12.1. The number of aromatic amines is 1. The van der Waals surface area contributed by atoms with Gasteiger partial charge in [-0.2, -0.15) is 0 Å². The molecule has 3 rings (SSSR count). The van der Waals surface area contributed by atoms with Crippen LogP contribution in [0.25, 0.3) is 11.0 Å². The number of ketones is 1. The number of hydrogen-bond donors (Lipinski definition) is 2. The summed E-state index contributed by atoms with van der Waals surface area (Å²) in [4.78, 5) is 19.6. The SMILES string of the molecule is O=C(CNCc1cc(Cl)cc(Cl)c1)Cc1nc2ccc(Cl)cc2[nH]1. The average molecular weight is 383 g/mol. The van der Waals surface area contributed by atoms with E-state index in [4.69, 9.17) is 34.8 Å². The van der Waals surface area contributed by atoms with Crippen molar-refractivity contribution < 1.29 is 4.79 Å². The molecule has 4 nitrogen and oxygen atoms in total. The molecule has 0 spiro atoms. The summed E-state index contributed by atoms with van der Waals surface area (Å²) in [6.07, 6.45) is 0.232. The fourth-order valence-electron chi connectivity index (χ4n) is 2.43. The molecule has 0 bridgehead atoms. The Morgan fingerprint density at radius 2 is 1.79 bits per heavy atom. The number of carbonyl (C=O) groups excluding carboxylic acids is 1. The van der Waals surface area contributed by atoms with Gasteiger partial charge < -0.3 is 10.3 Å². The second-order valence-electron chi connectivity index (χ2n) is 5.44. The lowest BCUT2D eigenvalue weighted by atomic mass is 10.2. The van der Waals surface area contributed by atoms with Gasteiger partial charge in [0.25, 0.3) is 0 Å². The largest absolute Gasteiger partial charge is 0.342 e. The number of benzene rings is 2. The molecule has 2 aromatic carbocycles. The predicted octanol–water partition coefficient (Wildman–Crippen LogP) is 4.42. The molecule has 0 unspecified atom stereocenters. The second kappa shape index (κ2) is 7.53. The van der Waals surface area contributed by atoms with Gasteiger partial charge in [0.2, 0.25) is 0 Å². The quantitative estimate of drug-likeness (QED) is 0.663. The van der Waals surface area contributed by atoms with Gasteiger partial charge >= 0.3 is 0 Å². The number of H-pyrrole nitrogens is 1. The summed E-state index contributed by atoms with van der Waals surface area (Å²) in [5.74, 6) is 0.665. The van der Waals surface area contributed by atoms with Crippen molar-refractivity contribution in [3.05, 3.63) is 62.9 Å². The number of imidazole rings is 1. The van der Waals surface area contributed by atoms with Gasteiger partial charge in [-0.1, -0.05) is 34.8 Å². The average Bonchev–Trinajstić information content (AvgIpc) is 2.87. The van der Waals surface area contributed by atoms with E-state index in [2.05, 4.69) is 15.3 Å². The monoisotopic (exact) mass is 381 g/mol. The van der Waals surface area contributed by atoms with Gasteiger partial charge in [-0.25, -0.2) is 4.98 Å². The summed E-state index contributed by atoms with van der Waals surface area (Å²) in [6, 6.07) is 10.7. The van der Waals surface area contributed by atoms with Gasteiger partial charge in [0.1, 0.15) is 5.82 Å². The molecule has 0 amide bonds. The highest BCUT2D eigenvalue weighted by Gasteiger charge is 2.09. The molecule has 1 heterocycles. The van der Waals surface area contributed by atoms with Crippen molar-refractivity contribution in [1.82, 2.24) is 15.3 Å². The first-order valence-electron chi connectivity index (χ1n) is 7.31. The molecule has 0 saturated carbocycles.